The Hall–Kier alpha value is -2.82. The first kappa shape index (κ1) is 18.5. The van der Waals surface area contributed by atoms with E-state index >= 15 is 0 Å². The van der Waals surface area contributed by atoms with Crippen LogP contribution in [-0.4, -0.2) is 47.9 Å². The van der Waals surface area contributed by atoms with Crippen molar-refractivity contribution in [2.45, 2.75) is 32.7 Å². The Morgan fingerprint density at radius 2 is 1.68 bits per heavy atom. The van der Waals surface area contributed by atoms with Crippen molar-refractivity contribution in [3.05, 3.63) is 65.2 Å². The van der Waals surface area contributed by atoms with E-state index in [0.29, 0.717) is 25.6 Å². The lowest BCUT2D eigenvalue weighted by molar-refractivity contribution is -0.132. The predicted octanol–water partition coefficient (Wildman–Crippen LogP) is 3.64. The number of anilines is 1. The van der Waals surface area contributed by atoms with E-state index in [4.69, 9.17) is 0 Å². The van der Waals surface area contributed by atoms with Gasteiger partial charge in [-0.1, -0.05) is 50.2 Å². The Bertz CT molecular complexity index is 876. The fraction of sp³-hybridized carbons (Fsp3) is 0.391. The summed E-state index contributed by atoms with van der Waals surface area (Å²) in [6.07, 6.45) is 0.879. The number of benzene rings is 2. The van der Waals surface area contributed by atoms with Crippen LogP contribution in [-0.2, 0) is 17.8 Å². The summed E-state index contributed by atoms with van der Waals surface area (Å²) >= 11 is 0. The van der Waals surface area contributed by atoms with Crippen molar-refractivity contribution in [1.29, 1.82) is 0 Å². The summed E-state index contributed by atoms with van der Waals surface area (Å²) in [4.78, 5) is 30.9. The summed E-state index contributed by atoms with van der Waals surface area (Å²) in [5, 5.41) is 0. The minimum Gasteiger partial charge on any atom is -0.336 e. The second-order valence-corrected chi connectivity index (χ2v) is 7.94. The Balaban J connectivity index is 1.38. The first-order valence-electron chi connectivity index (χ1n) is 10.0. The molecule has 0 saturated carbocycles. The number of nitrogens with zero attached hydrogens (tertiary/aromatic N) is 3. The molecule has 0 bridgehead atoms. The van der Waals surface area contributed by atoms with Crippen molar-refractivity contribution in [2.24, 2.45) is 0 Å². The lowest BCUT2D eigenvalue weighted by Gasteiger charge is -2.30. The Kier molecular flexibility index (Phi) is 5.07. The van der Waals surface area contributed by atoms with Crippen molar-refractivity contribution in [3.63, 3.8) is 0 Å². The quantitative estimate of drug-likeness (QED) is 0.817. The van der Waals surface area contributed by atoms with Gasteiger partial charge < -0.3 is 9.80 Å². The van der Waals surface area contributed by atoms with E-state index in [1.165, 1.54) is 16.7 Å². The molecule has 5 nitrogen and oxygen atoms in total. The SMILES string of the molecule is CC(C)c1ccc(N2CCN(CC(=O)N3CCc4ccccc4C3)C2=O)cc1. The molecule has 2 aromatic carbocycles. The van der Waals surface area contributed by atoms with Gasteiger partial charge in [-0.05, 0) is 41.2 Å². The molecule has 1 saturated heterocycles. The molecule has 2 heterocycles. The molecule has 0 aromatic heterocycles. The zero-order valence-electron chi connectivity index (χ0n) is 16.6. The van der Waals surface area contributed by atoms with Crippen LogP contribution in [0, 0.1) is 0 Å². The molecule has 2 aliphatic heterocycles. The maximum absolute atomic E-state index is 12.8. The van der Waals surface area contributed by atoms with E-state index in [1.807, 2.05) is 29.2 Å². The molecule has 0 N–H and O–H groups in total. The number of hydrogen-bond acceptors (Lipinski definition) is 2. The molecule has 2 aliphatic rings. The van der Waals surface area contributed by atoms with Crippen molar-refractivity contribution < 1.29 is 9.59 Å². The number of amides is 3. The first-order valence-corrected chi connectivity index (χ1v) is 10.0. The third-order valence-corrected chi connectivity index (χ3v) is 5.78. The topological polar surface area (TPSA) is 43.9 Å². The summed E-state index contributed by atoms with van der Waals surface area (Å²) in [5.41, 5.74) is 4.69. The number of rotatable bonds is 4. The van der Waals surface area contributed by atoms with E-state index in [2.05, 4.69) is 38.1 Å². The lowest BCUT2D eigenvalue weighted by atomic mass is 10.00. The van der Waals surface area contributed by atoms with E-state index in [-0.39, 0.29) is 18.5 Å². The molecular formula is C23H27N3O2. The summed E-state index contributed by atoms with van der Waals surface area (Å²) in [6, 6.07) is 16.3. The van der Waals surface area contributed by atoms with Gasteiger partial charge in [0.1, 0.15) is 6.54 Å². The van der Waals surface area contributed by atoms with Gasteiger partial charge in [0.15, 0.2) is 0 Å². The number of hydrogen-bond donors (Lipinski definition) is 0. The third-order valence-electron chi connectivity index (χ3n) is 5.78. The molecule has 2 aromatic rings. The fourth-order valence-electron chi connectivity index (χ4n) is 3.98. The van der Waals surface area contributed by atoms with Crippen LogP contribution < -0.4 is 4.90 Å². The van der Waals surface area contributed by atoms with Gasteiger partial charge in [-0.2, -0.15) is 0 Å². The molecule has 146 valence electrons. The van der Waals surface area contributed by atoms with Gasteiger partial charge in [-0.3, -0.25) is 9.69 Å². The maximum atomic E-state index is 12.8. The summed E-state index contributed by atoms with van der Waals surface area (Å²) < 4.78 is 0. The highest BCUT2D eigenvalue weighted by atomic mass is 16.2. The molecule has 0 spiro atoms. The average molecular weight is 377 g/mol. The summed E-state index contributed by atoms with van der Waals surface area (Å²) in [6.45, 7) is 7.03. The Labute approximate surface area is 166 Å². The number of urea groups is 1. The van der Waals surface area contributed by atoms with Crippen LogP contribution in [0.3, 0.4) is 0 Å². The number of carbonyl (C=O) groups is 2. The van der Waals surface area contributed by atoms with E-state index in [1.54, 1.807) is 9.80 Å². The zero-order chi connectivity index (χ0) is 19.7. The van der Waals surface area contributed by atoms with E-state index in [9.17, 15) is 9.59 Å². The van der Waals surface area contributed by atoms with Crippen LogP contribution in [0.4, 0.5) is 10.5 Å². The Morgan fingerprint density at radius 3 is 2.39 bits per heavy atom. The summed E-state index contributed by atoms with van der Waals surface area (Å²) in [5.74, 6) is 0.493. The minimum absolute atomic E-state index is 0.0276. The molecule has 4 rings (SSSR count). The Morgan fingerprint density at radius 1 is 0.964 bits per heavy atom. The monoisotopic (exact) mass is 377 g/mol. The van der Waals surface area contributed by atoms with E-state index in [0.717, 1.165) is 18.7 Å². The van der Waals surface area contributed by atoms with Crippen LogP contribution in [0.15, 0.2) is 48.5 Å². The maximum Gasteiger partial charge on any atom is 0.325 e. The standard InChI is InChI=1S/C23H27N3O2/c1-17(2)18-7-9-21(10-8-18)26-14-13-25(23(26)28)16-22(27)24-12-11-19-5-3-4-6-20(19)15-24/h3-10,17H,11-16H2,1-2H3. The van der Waals surface area contributed by atoms with E-state index < -0.39 is 0 Å². The van der Waals surface area contributed by atoms with Crippen molar-refractivity contribution in [2.75, 3.05) is 31.1 Å². The lowest BCUT2D eigenvalue weighted by Crippen LogP contribution is -2.44. The van der Waals surface area contributed by atoms with Crippen LogP contribution in [0.1, 0.15) is 36.5 Å². The van der Waals surface area contributed by atoms with Gasteiger partial charge in [-0.25, -0.2) is 4.79 Å². The van der Waals surface area contributed by atoms with Crippen LogP contribution in [0.2, 0.25) is 0 Å². The van der Waals surface area contributed by atoms with Crippen LogP contribution in [0.25, 0.3) is 0 Å². The molecule has 0 radical (unpaired) electrons. The van der Waals surface area contributed by atoms with Crippen molar-refractivity contribution in [3.8, 4) is 0 Å². The van der Waals surface area contributed by atoms with Gasteiger partial charge in [0.05, 0.1) is 0 Å². The normalized spacial score (nSPS) is 16.7. The smallest absolute Gasteiger partial charge is 0.325 e. The zero-order valence-corrected chi connectivity index (χ0v) is 16.6. The molecule has 0 unspecified atom stereocenters. The molecule has 0 atom stereocenters. The molecular weight excluding hydrogens is 350 g/mol. The van der Waals surface area contributed by atoms with Crippen LogP contribution >= 0.6 is 0 Å². The number of carbonyl (C=O) groups excluding carboxylic acids is 2. The highest BCUT2D eigenvalue weighted by Crippen LogP contribution is 2.24. The van der Waals surface area contributed by atoms with Gasteiger partial charge in [0, 0.05) is 31.9 Å². The predicted molar refractivity (Wildman–Crippen MR) is 110 cm³/mol. The van der Waals surface area contributed by atoms with Crippen molar-refractivity contribution >= 4 is 17.6 Å². The largest absolute Gasteiger partial charge is 0.336 e. The highest BCUT2D eigenvalue weighted by molar-refractivity contribution is 5.96. The van der Waals surface area contributed by atoms with Crippen molar-refractivity contribution in [1.82, 2.24) is 9.80 Å². The molecule has 3 amide bonds. The van der Waals surface area contributed by atoms with Gasteiger partial charge >= 0.3 is 6.03 Å². The molecule has 0 aliphatic carbocycles. The minimum atomic E-state index is -0.0805. The molecule has 5 heteroatoms. The molecule has 1 fully saturated rings. The second-order valence-electron chi connectivity index (χ2n) is 7.94. The fourth-order valence-corrected chi connectivity index (χ4v) is 3.98. The third kappa shape index (κ3) is 3.61. The highest BCUT2D eigenvalue weighted by Gasteiger charge is 2.32. The second kappa shape index (κ2) is 7.66. The van der Waals surface area contributed by atoms with Gasteiger partial charge in [0.2, 0.25) is 5.91 Å². The van der Waals surface area contributed by atoms with Gasteiger partial charge in [-0.15, -0.1) is 0 Å². The average Bonchev–Trinajstić information content (AvgIpc) is 3.07. The summed E-state index contributed by atoms with van der Waals surface area (Å²) in [7, 11) is 0. The van der Waals surface area contributed by atoms with Gasteiger partial charge in [0.25, 0.3) is 0 Å². The molecule has 28 heavy (non-hydrogen) atoms. The van der Waals surface area contributed by atoms with Crippen LogP contribution in [0.5, 0.6) is 0 Å². The first-order chi connectivity index (χ1) is 13.5. The number of fused-ring (bicyclic) bond motifs is 1.